The Kier molecular flexibility index (Phi) is 6.25. The van der Waals surface area contributed by atoms with Gasteiger partial charge in [-0.25, -0.2) is 0 Å². The quantitative estimate of drug-likeness (QED) is 0.761. The van der Waals surface area contributed by atoms with Crippen molar-refractivity contribution in [2.24, 2.45) is 0 Å². The molecular formula is C18H18ClNO5. The number of methoxy groups -OCH3 is 2. The number of nitrogens with one attached hydrogen (secondary N) is 1. The zero-order valence-corrected chi connectivity index (χ0v) is 14.8. The summed E-state index contributed by atoms with van der Waals surface area (Å²) >= 11 is 6.01. The Bertz CT molecular complexity index is 791. The Hall–Kier alpha value is -2.73. The molecule has 2 aromatic rings. The van der Waals surface area contributed by atoms with E-state index in [9.17, 15) is 9.59 Å². The summed E-state index contributed by atoms with van der Waals surface area (Å²) < 4.78 is 15.7. The summed E-state index contributed by atoms with van der Waals surface area (Å²) in [5.74, 6) is 0.826. The molecule has 0 spiro atoms. The number of ether oxygens (including phenoxy) is 3. The Morgan fingerprint density at radius 1 is 1.00 bits per heavy atom. The van der Waals surface area contributed by atoms with Crippen LogP contribution in [0.15, 0.2) is 36.4 Å². The van der Waals surface area contributed by atoms with Crippen molar-refractivity contribution in [3.63, 3.8) is 0 Å². The molecule has 1 N–H and O–H groups in total. The van der Waals surface area contributed by atoms with Crippen LogP contribution >= 0.6 is 11.6 Å². The molecule has 0 aromatic heterocycles. The summed E-state index contributed by atoms with van der Waals surface area (Å²) in [6, 6.07) is 9.68. The molecule has 0 radical (unpaired) electrons. The first-order chi connectivity index (χ1) is 11.9. The van der Waals surface area contributed by atoms with Crippen LogP contribution in [0.2, 0.25) is 5.02 Å². The number of halogens is 1. The van der Waals surface area contributed by atoms with Gasteiger partial charge in [-0.2, -0.15) is 0 Å². The van der Waals surface area contributed by atoms with Crippen LogP contribution in [-0.2, 0) is 4.79 Å². The number of hydrogen-bond acceptors (Lipinski definition) is 5. The number of benzene rings is 2. The van der Waals surface area contributed by atoms with Crippen molar-refractivity contribution in [1.29, 1.82) is 0 Å². The van der Waals surface area contributed by atoms with Gasteiger partial charge in [0.15, 0.2) is 23.9 Å². The highest BCUT2D eigenvalue weighted by atomic mass is 35.5. The lowest BCUT2D eigenvalue weighted by Gasteiger charge is -2.12. The second kappa shape index (κ2) is 8.39. The van der Waals surface area contributed by atoms with Crippen molar-refractivity contribution in [2.45, 2.75) is 6.92 Å². The third kappa shape index (κ3) is 4.87. The van der Waals surface area contributed by atoms with E-state index < -0.39 is 0 Å². The predicted octanol–water partition coefficient (Wildman–Crippen LogP) is 3.58. The number of rotatable bonds is 7. The number of carbonyl (C=O) groups excluding carboxylic acids is 2. The highest BCUT2D eigenvalue weighted by Gasteiger charge is 2.11. The summed E-state index contributed by atoms with van der Waals surface area (Å²) in [4.78, 5) is 23.4. The van der Waals surface area contributed by atoms with Crippen molar-refractivity contribution in [1.82, 2.24) is 0 Å². The Balaban J connectivity index is 2.00. The largest absolute Gasteiger partial charge is 0.495 e. The zero-order chi connectivity index (χ0) is 18.4. The first-order valence-corrected chi connectivity index (χ1v) is 7.77. The van der Waals surface area contributed by atoms with Gasteiger partial charge in [0.2, 0.25) is 0 Å². The maximum absolute atomic E-state index is 12.0. The van der Waals surface area contributed by atoms with E-state index in [4.69, 9.17) is 25.8 Å². The molecule has 0 heterocycles. The third-order valence-electron chi connectivity index (χ3n) is 3.36. The summed E-state index contributed by atoms with van der Waals surface area (Å²) in [6.45, 7) is 1.24. The van der Waals surface area contributed by atoms with Crippen molar-refractivity contribution in [3.8, 4) is 17.2 Å². The van der Waals surface area contributed by atoms with Crippen LogP contribution in [-0.4, -0.2) is 32.5 Å². The molecule has 2 aromatic carbocycles. The Labute approximate surface area is 150 Å². The summed E-state index contributed by atoms with van der Waals surface area (Å²) in [6.07, 6.45) is 0. The molecule has 25 heavy (non-hydrogen) atoms. The van der Waals surface area contributed by atoms with Crippen molar-refractivity contribution in [3.05, 3.63) is 47.0 Å². The fourth-order valence-electron chi connectivity index (χ4n) is 2.09. The molecule has 0 bridgehead atoms. The van der Waals surface area contributed by atoms with Gasteiger partial charge in [-0.15, -0.1) is 0 Å². The maximum Gasteiger partial charge on any atom is 0.262 e. The van der Waals surface area contributed by atoms with Crippen molar-refractivity contribution < 1.29 is 23.8 Å². The van der Waals surface area contributed by atoms with Crippen LogP contribution in [0.1, 0.15) is 17.3 Å². The molecule has 1 amide bonds. The minimum absolute atomic E-state index is 0.0843. The number of Topliss-reactive ketones (excluding diaryl/α,β-unsaturated/α-hetero) is 1. The molecule has 0 aliphatic carbocycles. The molecule has 0 aliphatic rings. The monoisotopic (exact) mass is 363 g/mol. The summed E-state index contributed by atoms with van der Waals surface area (Å²) in [5, 5.41) is 3.06. The third-order valence-corrected chi connectivity index (χ3v) is 3.66. The summed E-state index contributed by atoms with van der Waals surface area (Å²) in [7, 11) is 2.98. The number of amides is 1. The average Bonchev–Trinajstić information content (AvgIpc) is 2.59. The van der Waals surface area contributed by atoms with Gasteiger partial charge in [-0.05, 0) is 43.3 Å². The second-order valence-corrected chi connectivity index (χ2v) is 5.52. The molecule has 0 aliphatic heterocycles. The topological polar surface area (TPSA) is 73.9 Å². The number of hydrogen-bond donors (Lipinski definition) is 1. The Morgan fingerprint density at radius 2 is 1.68 bits per heavy atom. The maximum atomic E-state index is 12.0. The predicted molar refractivity (Wildman–Crippen MR) is 95.1 cm³/mol. The number of carbonyl (C=O) groups is 2. The average molecular weight is 364 g/mol. The molecule has 0 saturated heterocycles. The van der Waals surface area contributed by atoms with Gasteiger partial charge in [-0.3, -0.25) is 9.59 Å². The highest BCUT2D eigenvalue weighted by molar-refractivity contribution is 6.32. The van der Waals surface area contributed by atoms with Crippen molar-refractivity contribution in [2.75, 3.05) is 26.1 Å². The molecule has 132 valence electrons. The molecule has 7 heteroatoms. The standard InChI is InChI=1S/C18H18ClNO5/c1-11(21)12-4-6-16(17(8-12)24-3)25-10-18(22)20-13-5-7-15(23-2)14(19)9-13/h4-9H,10H2,1-3H3,(H,20,22). The minimum Gasteiger partial charge on any atom is -0.495 e. The highest BCUT2D eigenvalue weighted by Crippen LogP contribution is 2.29. The molecule has 2 rings (SSSR count). The zero-order valence-electron chi connectivity index (χ0n) is 14.1. The van der Waals surface area contributed by atoms with E-state index in [1.807, 2.05) is 0 Å². The lowest BCUT2D eigenvalue weighted by atomic mass is 10.1. The molecule has 0 unspecified atom stereocenters. The second-order valence-electron chi connectivity index (χ2n) is 5.11. The lowest BCUT2D eigenvalue weighted by molar-refractivity contribution is -0.118. The molecule has 6 nitrogen and oxygen atoms in total. The Morgan fingerprint density at radius 3 is 2.28 bits per heavy atom. The van der Waals surface area contributed by atoms with Crippen LogP contribution in [0, 0.1) is 0 Å². The fraction of sp³-hybridized carbons (Fsp3) is 0.222. The molecule has 0 saturated carbocycles. The van der Waals surface area contributed by atoms with Gasteiger partial charge in [0, 0.05) is 11.3 Å². The normalized spacial score (nSPS) is 10.1. The minimum atomic E-state index is -0.362. The van der Waals surface area contributed by atoms with E-state index in [0.717, 1.165) is 0 Å². The van der Waals surface area contributed by atoms with Gasteiger partial charge in [0.05, 0.1) is 19.2 Å². The van der Waals surface area contributed by atoms with Gasteiger partial charge >= 0.3 is 0 Å². The van der Waals surface area contributed by atoms with E-state index in [1.54, 1.807) is 36.4 Å². The lowest BCUT2D eigenvalue weighted by Crippen LogP contribution is -2.20. The van der Waals surface area contributed by atoms with E-state index in [1.165, 1.54) is 21.1 Å². The van der Waals surface area contributed by atoms with Gasteiger partial charge in [0.1, 0.15) is 5.75 Å². The molecule has 0 fully saturated rings. The van der Waals surface area contributed by atoms with Crippen LogP contribution < -0.4 is 19.5 Å². The van der Waals surface area contributed by atoms with Crippen molar-refractivity contribution >= 4 is 29.0 Å². The first kappa shape index (κ1) is 18.6. The molecule has 0 atom stereocenters. The smallest absolute Gasteiger partial charge is 0.262 e. The van der Waals surface area contributed by atoms with Gasteiger partial charge < -0.3 is 19.5 Å². The first-order valence-electron chi connectivity index (χ1n) is 7.39. The van der Waals surface area contributed by atoms with Gasteiger partial charge in [-0.1, -0.05) is 11.6 Å². The fourth-order valence-corrected chi connectivity index (χ4v) is 2.35. The van der Waals surface area contributed by atoms with Crippen LogP contribution in [0.5, 0.6) is 17.2 Å². The van der Waals surface area contributed by atoms with E-state index in [-0.39, 0.29) is 18.3 Å². The number of anilines is 1. The van der Waals surface area contributed by atoms with Crippen LogP contribution in [0.4, 0.5) is 5.69 Å². The van der Waals surface area contributed by atoms with E-state index in [0.29, 0.717) is 33.5 Å². The SMILES string of the molecule is COc1ccc(NC(=O)COc2ccc(C(C)=O)cc2OC)cc1Cl. The molecular weight excluding hydrogens is 346 g/mol. The van der Waals surface area contributed by atoms with E-state index >= 15 is 0 Å². The van der Waals surface area contributed by atoms with Gasteiger partial charge in [0.25, 0.3) is 5.91 Å². The van der Waals surface area contributed by atoms with Crippen LogP contribution in [0.3, 0.4) is 0 Å². The number of ketones is 1. The van der Waals surface area contributed by atoms with Crippen LogP contribution in [0.25, 0.3) is 0 Å². The van der Waals surface area contributed by atoms with E-state index in [2.05, 4.69) is 5.32 Å². The summed E-state index contributed by atoms with van der Waals surface area (Å²) in [5.41, 5.74) is 1.03.